The van der Waals surface area contributed by atoms with Crippen molar-refractivity contribution in [1.82, 2.24) is 0 Å². The van der Waals surface area contributed by atoms with Crippen molar-refractivity contribution in [2.75, 3.05) is 6.61 Å². The Morgan fingerprint density at radius 2 is 2.00 bits per heavy atom. The molecule has 100 valence electrons. The van der Waals surface area contributed by atoms with Gasteiger partial charge in [-0.25, -0.2) is 0 Å². The Labute approximate surface area is 109 Å². The smallest absolute Gasteiger partial charge is 0.306 e. The van der Waals surface area contributed by atoms with Crippen LogP contribution in [0.15, 0.2) is 18.2 Å². The van der Waals surface area contributed by atoms with E-state index in [1.54, 1.807) is 0 Å². The zero-order valence-corrected chi connectivity index (χ0v) is 11.6. The van der Waals surface area contributed by atoms with Gasteiger partial charge in [0.25, 0.3) is 0 Å². The lowest BCUT2D eigenvalue weighted by atomic mass is 9.93. The SMILES string of the molecule is Cc1ccc(OCCC(C(=O)O)C(C)C)c(C)c1. The molecule has 1 rings (SSSR count). The van der Waals surface area contributed by atoms with Crippen molar-refractivity contribution >= 4 is 5.97 Å². The Hall–Kier alpha value is -1.51. The highest BCUT2D eigenvalue weighted by molar-refractivity contribution is 5.70. The van der Waals surface area contributed by atoms with E-state index in [1.165, 1.54) is 5.56 Å². The standard InChI is InChI=1S/C15H22O3/c1-10(2)13(15(16)17)7-8-18-14-6-5-11(3)9-12(14)4/h5-6,9-10,13H,7-8H2,1-4H3,(H,16,17). The molecule has 0 heterocycles. The van der Waals surface area contributed by atoms with Gasteiger partial charge in [-0.15, -0.1) is 0 Å². The van der Waals surface area contributed by atoms with Crippen LogP contribution in [0.5, 0.6) is 5.75 Å². The number of hydrogen-bond acceptors (Lipinski definition) is 2. The molecule has 1 N–H and O–H groups in total. The van der Waals surface area contributed by atoms with Crippen LogP contribution in [-0.2, 0) is 4.79 Å². The van der Waals surface area contributed by atoms with E-state index in [9.17, 15) is 4.79 Å². The minimum absolute atomic E-state index is 0.130. The second-order valence-corrected chi connectivity index (χ2v) is 5.09. The summed E-state index contributed by atoms with van der Waals surface area (Å²) in [5, 5.41) is 9.08. The summed E-state index contributed by atoms with van der Waals surface area (Å²) in [5.74, 6) is -0.108. The predicted octanol–water partition coefficient (Wildman–Crippen LogP) is 3.43. The van der Waals surface area contributed by atoms with E-state index in [-0.39, 0.29) is 11.8 Å². The maximum Gasteiger partial charge on any atom is 0.306 e. The quantitative estimate of drug-likeness (QED) is 0.841. The fourth-order valence-electron chi connectivity index (χ4n) is 2.00. The molecule has 3 nitrogen and oxygen atoms in total. The van der Waals surface area contributed by atoms with Crippen LogP contribution in [0.3, 0.4) is 0 Å². The second kappa shape index (κ2) is 6.43. The van der Waals surface area contributed by atoms with Crippen LogP contribution in [0, 0.1) is 25.7 Å². The normalized spacial score (nSPS) is 12.5. The van der Waals surface area contributed by atoms with E-state index in [4.69, 9.17) is 9.84 Å². The molecule has 1 unspecified atom stereocenters. The van der Waals surface area contributed by atoms with Gasteiger partial charge in [0, 0.05) is 0 Å². The predicted molar refractivity (Wildman–Crippen MR) is 72.0 cm³/mol. The molecule has 0 aliphatic carbocycles. The van der Waals surface area contributed by atoms with E-state index in [2.05, 4.69) is 6.07 Å². The zero-order chi connectivity index (χ0) is 13.7. The Kier molecular flexibility index (Phi) is 5.20. The molecule has 0 saturated heterocycles. The first kappa shape index (κ1) is 14.6. The minimum Gasteiger partial charge on any atom is -0.493 e. The molecular weight excluding hydrogens is 228 g/mol. The lowest BCUT2D eigenvalue weighted by Gasteiger charge is -2.17. The van der Waals surface area contributed by atoms with Gasteiger partial charge in [-0.3, -0.25) is 4.79 Å². The minimum atomic E-state index is -0.741. The number of rotatable bonds is 6. The number of hydrogen-bond donors (Lipinski definition) is 1. The second-order valence-electron chi connectivity index (χ2n) is 5.09. The molecular formula is C15H22O3. The third kappa shape index (κ3) is 4.06. The maximum atomic E-state index is 11.0. The largest absolute Gasteiger partial charge is 0.493 e. The van der Waals surface area contributed by atoms with Crippen molar-refractivity contribution in [2.45, 2.75) is 34.1 Å². The Morgan fingerprint density at radius 3 is 2.50 bits per heavy atom. The van der Waals surface area contributed by atoms with Gasteiger partial charge in [-0.2, -0.15) is 0 Å². The van der Waals surface area contributed by atoms with E-state index in [0.717, 1.165) is 11.3 Å². The van der Waals surface area contributed by atoms with E-state index in [0.29, 0.717) is 13.0 Å². The third-order valence-corrected chi connectivity index (χ3v) is 3.14. The highest BCUT2D eigenvalue weighted by atomic mass is 16.5. The summed E-state index contributed by atoms with van der Waals surface area (Å²) in [5.41, 5.74) is 2.29. The Balaban J connectivity index is 2.53. The first-order valence-electron chi connectivity index (χ1n) is 6.34. The molecule has 1 atom stereocenters. The number of carbonyl (C=O) groups is 1. The van der Waals surface area contributed by atoms with Crippen LogP contribution < -0.4 is 4.74 Å². The fraction of sp³-hybridized carbons (Fsp3) is 0.533. The Bertz CT molecular complexity index is 410. The van der Waals surface area contributed by atoms with Gasteiger partial charge in [-0.05, 0) is 37.8 Å². The van der Waals surface area contributed by atoms with Crippen LogP contribution >= 0.6 is 0 Å². The molecule has 0 fully saturated rings. The summed E-state index contributed by atoms with van der Waals surface area (Å²) >= 11 is 0. The zero-order valence-electron chi connectivity index (χ0n) is 11.6. The molecule has 0 aliphatic rings. The van der Waals surface area contributed by atoms with Crippen LogP contribution in [0.4, 0.5) is 0 Å². The molecule has 1 aromatic rings. The van der Waals surface area contributed by atoms with Gasteiger partial charge >= 0.3 is 5.97 Å². The molecule has 18 heavy (non-hydrogen) atoms. The van der Waals surface area contributed by atoms with Gasteiger partial charge in [-0.1, -0.05) is 31.5 Å². The number of benzene rings is 1. The maximum absolute atomic E-state index is 11.0. The van der Waals surface area contributed by atoms with Gasteiger partial charge in [0.2, 0.25) is 0 Å². The highest BCUT2D eigenvalue weighted by Gasteiger charge is 2.21. The van der Waals surface area contributed by atoms with Crippen molar-refractivity contribution < 1.29 is 14.6 Å². The van der Waals surface area contributed by atoms with Crippen LogP contribution in [-0.4, -0.2) is 17.7 Å². The van der Waals surface area contributed by atoms with Crippen LogP contribution in [0.2, 0.25) is 0 Å². The van der Waals surface area contributed by atoms with Crippen molar-refractivity contribution in [1.29, 1.82) is 0 Å². The molecule has 0 aromatic heterocycles. The summed E-state index contributed by atoms with van der Waals surface area (Å²) in [6.45, 7) is 8.33. The van der Waals surface area contributed by atoms with Gasteiger partial charge < -0.3 is 9.84 Å². The number of aliphatic carboxylic acids is 1. The molecule has 3 heteroatoms. The topological polar surface area (TPSA) is 46.5 Å². The monoisotopic (exact) mass is 250 g/mol. The fourth-order valence-corrected chi connectivity index (χ4v) is 2.00. The van der Waals surface area contributed by atoms with E-state index >= 15 is 0 Å². The third-order valence-electron chi connectivity index (χ3n) is 3.14. The van der Waals surface area contributed by atoms with Crippen molar-refractivity contribution in [3.63, 3.8) is 0 Å². The van der Waals surface area contributed by atoms with Gasteiger partial charge in [0.05, 0.1) is 12.5 Å². The van der Waals surface area contributed by atoms with Crippen molar-refractivity contribution in [3.8, 4) is 5.75 Å². The highest BCUT2D eigenvalue weighted by Crippen LogP contribution is 2.21. The molecule has 1 aromatic carbocycles. The molecule has 0 bridgehead atoms. The molecule has 0 spiro atoms. The van der Waals surface area contributed by atoms with E-state index in [1.807, 2.05) is 39.8 Å². The average molecular weight is 250 g/mol. The average Bonchev–Trinajstić information content (AvgIpc) is 2.25. The van der Waals surface area contributed by atoms with Gasteiger partial charge in [0.15, 0.2) is 0 Å². The van der Waals surface area contributed by atoms with Crippen molar-refractivity contribution in [3.05, 3.63) is 29.3 Å². The summed E-state index contributed by atoms with van der Waals surface area (Å²) in [7, 11) is 0. The summed E-state index contributed by atoms with van der Waals surface area (Å²) in [6.07, 6.45) is 0.542. The lowest BCUT2D eigenvalue weighted by molar-refractivity contribution is -0.143. The summed E-state index contributed by atoms with van der Waals surface area (Å²) in [6, 6.07) is 6.00. The Morgan fingerprint density at radius 1 is 1.33 bits per heavy atom. The van der Waals surface area contributed by atoms with Crippen LogP contribution in [0.25, 0.3) is 0 Å². The molecule has 0 aliphatic heterocycles. The summed E-state index contributed by atoms with van der Waals surface area (Å²) in [4.78, 5) is 11.0. The first-order valence-corrected chi connectivity index (χ1v) is 6.34. The number of carboxylic acid groups (broad SMARTS) is 1. The molecule has 0 saturated carbocycles. The van der Waals surface area contributed by atoms with Crippen molar-refractivity contribution in [2.24, 2.45) is 11.8 Å². The number of aryl methyl sites for hydroxylation is 2. The molecule has 0 radical (unpaired) electrons. The first-order chi connectivity index (χ1) is 8.41. The summed E-state index contributed by atoms with van der Waals surface area (Å²) < 4.78 is 5.66. The van der Waals surface area contributed by atoms with Gasteiger partial charge in [0.1, 0.15) is 5.75 Å². The lowest BCUT2D eigenvalue weighted by Crippen LogP contribution is -2.22. The number of ether oxygens (including phenoxy) is 1. The van der Waals surface area contributed by atoms with Crippen LogP contribution in [0.1, 0.15) is 31.4 Å². The molecule has 0 amide bonds. The van der Waals surface area contributed by atoms with E-state index < -0.39 is 5.97 Å². The number of carboxylic acids is 1.